The zero-order valence-corrected chi connectivity index (χ0v) is 14.2. The summed E-state index contributed by atoms with van der Waals surface area (Å²) in [6.45, 7) is 4.46. The van der Waals surface area contributed by atoms with Gasteiger partial charge in [0.25, 0.3) is 5.91 Å². The van der Waals surface area contributed by atoms with Gasteiger partial charge in [0.05, 0.1) is 0 Å². The zero-order valence-electron chi connectivity index (χ0n) is 14.2. The van der Waals surface area contributed by atoms with Crippen LogP contribution < -0.4 is 10.6 Å². The Morgan fingerprint density at radius 2 is 1.96 bits per heavy atom. The summed E-state index contributed by atoms with van der Waals surface area (Å²) in [4.78, 5) is 16.1. The van der Waals surface area contributed by atoms with E-state index in [0.717, 1.165) is 22.4 Å². The lowest BCUT2D eigenvalue weighted by Gasteiger charge is -2.09. The van der Waals surface area contributed by atoms with E-state index in [4.69, 9.17) is 0 Å². The normalized spacial score (nSPS) is 10.3. The van der Waals surface area contributed by atoms with Gasteiger partial charge in [-0.1, -0.05) is 18.2 Å². The smallest absolute Gasteiger partial charge is 0.272 e. The Bertz CT molecular complexity index is 863. The molecule has 0 atom stereocenters. The van der Waals surface area contributed by atoms with Crippen LogP contribution in [0.3, 0.4) is 0 Å². The third kappa shape index (κ3) is 4.38. The number of benzene rings is 1. The molecule has 2 aromatic heterocycles. The number of hydrogen-bond donors (Lipinski definition) is 2. The van der Waals surface area contributed by atoms with Crippen molar-refractivity contribution in [3.05, 3.63) is 77.2 Å². The molecule has 0 aliphatic carbocycles. The number of aromatic nitrogens is 3. The summed E-state index contributed by atoms with van der Waals surface area (Å²) in [7, 11) is 0. The van der Waals surface area contributed by atoms with E-state index in [-0.39, 0.29) is 11.6 Å². The van der Waals surface area contributed by atoms with E-state index in [2.05, 4.69) is 31.9 Å². The fourth-order valence-electron chi connectivity index (χ4n) is 2.30. The van der Waals surface area contributed by atoms with E-state index in [1.54, 1.807) is 24.5 Å². The second-order valence-corrected chi connectivity index (χ2v) is 5.79. The monoisotopic (exact) mass is 333 g/mol. The molecule has 1 amide bonds. The number of pyridine rings is 1. The molecule has 0 saturated heterocycles. The summed E-state index contributed by atoms with van der Waals surface area (Å²) >= 11 is 0. The minimum absolute atomic E-state index is 0.269. The zero-order chi connectivity index (χ0) is 17.6. The molecule has 2 N–H and O–H groups in total. The molecule has 0 spiro atoms. The molecular weight excluding hydrogens is 314 g/mol. The molecule has 2 heterocycles. The molecule has 3 rings (SSSR count). The van der Waals surface area contributed by atoms with E-state index in [1.807, 2.05) is 38.1 Å². The number of carbonyl (C=O) groups is 1. The van der Waals surface area contributed by atoms with Crippen molar-refractivity contribution >= 4 is 17.4 Å². The predicted octanol–water partition coefficient (Wildman–Crippen LogP) is 3.16. The van der Waals surface area contributed by atoms with Crippen molar-refractivity contribution in [3.8, 4) is 0 Å². The quantitative estimate of drug-likeness (QED) is 0.750. The van der Waals surface area contributed by atoms with Crippen molar-refractivity contribution in [3.63, 3.8) is 0 Å². The molecular formula is C19H19N5O. The minimum atomic E-state index is -0.269. The number of amides is 1. The number of aryl methyl sites for hydroxylation is 2. The number of nitrogens with one attached hydrogen (secondary N) is 2. The molecule has 126 valence electrons. The molecule has 6 heteroatoms. The van der Waals surface area contributed by atoms with Crippen LogP contribution in [0, 0.1) is 13.8 Å². The van der Waals surface area contributed by atoms with Gasteiger partial charge in [-0.3, -0.25) is 9.78 Å². The van der Waals surface area contributed by atoms with Crippen LogP contribution in [0.4, 0.5) is 11.5 Å². The lowest BCUT2D eigenvalue weighted by molar-refractivity contribution is 0.0945. The molecule has 0 saturated carbocycles. The molecule has 6 nitrogen and oxygen atoms in total. The largest absolute Gasteiger partial charge is 0.347 e. The van der Waals surface area contributed by atoms with Gasteiger partial charge in [0, 0.05) is 24.6 Å². The minimum Gasteiger partial charge on any atom is -0.347 e. The van der Waals surface area contributed by atoms with E-state index >= 15 is 0 Å². The Balaban J connectivity index is 1.63. The Morgan fingerprint density at radius 1 is 1.08 bits per heavy atom. The molecule has 0 bridgehead atoms. The number of hydrogen-bond acceptors (Lipinski definition) is 5. The SMILES string of the molecule is Cc1ccc(C)c(Nc2ccc(C(=O)NCc3cccnc3)nn2)c1. The van der Waals surface area contributed by atoms with Gasteiger partial charge in [-0.15, -0.1) is 10.2 Å². The summed E-state index contributed by atoms with van der Waals surface area (Å²) in [5.74, 6) is 0.326. The van der Waals surface area contributed by atoms with Crippen LogP contribution in [0.1, 0.15) is 27.2 Å². The van der Waals surface area contributed by atoms with Gasteiger partial charge in [0.2, 0.25) is 0 Å². The maximum absolute atomic E-state index is 12.1. The Labute approximate surface area is 146 Å². The topological polar surface area (TPSA) is 79.8 Å². The van der Waals surface area contributed by atoms with Crippen molar-refractivity contribution in [2.45, 2.75) is 20.4 Å². The van der Waals surface area contributed by atoms with E-state index in [9.17, 15) is 4.79 Å². The van der Waals surface area contributed by atoms with Gasteiger partial charge in [-0.2, -0.15) is 0 Å². The lowest BCUT2D eigenvalue weighted by Crippen LogP contribution is -2.24. The summed E-state index contributed by atoms with van der Waals surface area (Å²) in [6.07, 6.45) is 3.40. The van der Waals surface area contributed by atoms with Crippen LogP contribution in [0.25, 0.3) is 0 Å². The van der Waals surface area contributed by atoms with Gasteiger partial charge in [0.15, 0.2) is 11.5 Å². The second kappa shape index (κ2) is 7.53. The lowest BCUT2D eigenvalue weighted by atomic mass is 10.1. The molecule has 3 aromatic rings. The summed E-state index contributed by atoms with van der Waals surface area (Å²) in [5.41, 5.74) is 4.45. The average molecular weight is 333 g/mol. The highest BCUT2D eigenvalue weighted by Crippen LogP contribution is 2.20. The Kier molecular flexibility index (Phi) is 4.99. The van der Waals surface area contributed by atoms with Crippen molar-refractivity contribution in [1.82, 2.24) is 20.5 Å². The van der Waals surface area contributed by atoms with Crippen LogP contribution in [0.5, 0.6) is 0 Å². The highest BCUT2D eigenvalue weighted by atomic mass is 16.1. The fraction of sp³-hybridized carbons (Fsp3) is 0.158. The molecule has 25 heavy (non-hydrogen) atoms. The first-order chi connectivity index (χ1) is 12.1. The molecule has 1 aromatic carbocycles. The van der Waals surface area contributed by atoms with Crippen LogP contribution in [0.2, 0.25) is 0 Å². The fourth-order valence-corrected chi connectivity index (χ4v) is 2.30. The van der Waals surface area contributed by atoms with Crippen LogP contribution in [-0.2, 0) is 6.54 Å². The molecule has 0 aliphatic rings. The first-order valence-corrected chi connectivity index (χ1v) is 7.97. The maximum atomic E-state index is 12.1. The van der Waals surface area contributed by atoms with E-state index < -0.39 is 0 Å². The standard InChI is InChI=1S/C19H19N5O/c1-13-5-6-14(2)17(10-13)22-18-8-7-16(23-24-18)19(25)21-12-15-4-3-9-20-11-15/h3-11H,12H2,1-2H3,(H,21,25)(H,22,24). The van der Waals surface area contributed by atoms with Gasteiger partial charge in [-0.25, -0.2) is 0 Å². The molecule has 0 fully saturated rings. The van der Waals surface area contributed by atoms with Crippen molar-refractivity contribution in [2.24, 2.45) is 0 Å². The van der Waals surface area contributed by atoms with Crippen LogP contribution >= 0.6 is 0 Å². The van der Waals surface area contributed by atoms with Crippen molar-refractivity contribution in [1.29, 1.82) is 0 Å². The van der Waals surface area contributed by atoms with Crippen molar-refractivity contribution in [2.75, 3.05) is 5.32 Å². The summed E-state index contributed by atoms with van der Waals surface area (Å²) in [6, 6.07) is 13.3. The number of nitrogens with zero attached hydrogens (tertiary/aromatic N) is 3. The predicted molar refractivity (Wildman–Crippen MR) is 96.6 cm³/mol. The first kappa shape index (κ1) is 16.6. The maximum Gasteiger partial charge on any atom is 0.272 e. The van der Waals surface area contributed by atoms with E-state index in [1.165, 1.54) is 0 Å². The van der Waals surface area contributed by atoms with Gasteiger partial charge >= 0.3 is 0 Å². The first-order valence-electron chi connectivity index (χ1n) is 7.97. The van der Waals surface area contributed by atoms with E-state index in [0.29, 0.717) is 12.4 Å². The number of carbonyl (C=O) groups excluding carboxylic acids is 1. The molecule has 0 unspecified atom stereocenters. The number of anilines is 2. The van der Waals surface area contributed by atoms with Gasteiger partial charge < -0.3 is 10.6 Å². The van der Waals surface area contributed by atoms with Gasteiger partial charge in [-0.05, 0) is 54.8 Å². The number of rotatable bonds is 5. The molecule has 0 radical (unpaired) electrons. The van der Waals surface area contributed by atoms with Crippen LogP contribution in [-0.4, -0.2) is 21.1 Å². The van der Waals surface area contributed by atoms with Gasteiger partial charge in [0.1, 0.15) is 0 Å². The highest BCUT2D eigenvalue weighted by Gasteiger charge is 2.08. The van der Waals surface area contributed by atoms with Crippen molar-refractivity contribution < 1.29 is 4.79 Å². The Morgan fingerprint density at radius 3 is 2.68 bits per heavy atom. The highest BCUT2D eigenvalue weighted by molar-refractivity contribution is 5.92. The summed E-state index contributed by atoms with van der Waals surface area (Å²) < 4.78 is 0. The third-order valence-electron chi connectivity index (χ3n) is 3.73. The molecule has 0 aliphatic heterocycles. The Hall–Kier alpha value is -3.28. The second-order valence-electron chi connectivity index (χ2n) is 5.79. The average Bonchev–Trinajstić information content (AvgIpc) is 2.64. The van der Waals surface area contributed by atoms with Crippen LogP contribution in [0.15, 0.2) is 54.9 Å². The summed E-state index contributed by atoms with van der Waals surface area (Å²) in [5, 5.41) is 14.1. The third-order valence-corrected chi connectivity index (χ3v) is 3.73.